The molecule has 0 atom stereocenters. The van der Waals surface area contributed by atoms with Crippen LogP contribution < -0.4 is 21.3 Å². The van der Waals surface area contributed by atoms with Crippen molar-refractivity contribution in [3.05, 3.63) is 58.6 Å². The van der Waals surface area contributed by atoms with Gasteiger partial charge in [-0.2, -0.15) is 0 Å². The second kappa shape index (κ2) is 14.1. The summed E-state index contributed by atoms with van der Waals surface area (Å²) in [4.78, 5) is 8.26. The van der Waals surface area contributed by atoms with Crippen LogP contribution in [0.3, 0.4) is 0 Å². The third-order valence-corrected chi connectivity index (χ3v) is 6.06. The number of halogens is 2. The van der Waals surface area contributed by atoms with Crippen LogP contribution in [0.2, 0.25) is 10.0 Å². The molecule has 0 amide bonds. The molecule has 6 N–H and O–H groups in total. The van der Waals surface area contributed by atoms with Crippen LogP contribution in [-0.2, 0) is 10.4 Å². The summed E-state index contributed by atoms with van der Waals surface area (Å²) in [7, 11) is -5.17. The van der Waals surface area contributed by atoms with Crippen LogP contribution >= 0.6 is 23.2 Å². The van der Waals surface area contributed by atoms with E-state index >= 15 is 0 Å². The van der Waals surface area contributed by atoms with Gasteiger partial charge in [-0.25, -0.2) is 0 Å². The van der Waals surface area contributed by atoms with Gasteiger partial charge in [0.2, 0.25) is 0 Å². The molecule has 0 spiro atoms. The molecule has 12 nitrogen and oxygen atoms in total. The minimum Gasteiger partial charge on any atom is -0.759 e. The first-order chi connectivity index (χ1) is 17.3. The van der Waals surface area contributed by atoms with E-state index in [2.05, 4.69) is 21.9 Å². The van der Waals surface area contributed by atoms with Crippen LogP contribution in [-0.4, -0.2) is 91.6 Å². The summed E-state index contributed by atoms with van der Waals surface area (Å²) in [5.41, 5.74) is 13.2. The molecule has 2 aromatic rings. The van der Waals surface area contributed by atoms with Crippen LogP contribution in [0, 0.1) is 10.8 Å². The number of hydrogen-bond donors (Lipinski definition) is 4. The Bertz CT molecular complexity index is 1070. The Hall–Kier alpha value is -2.97. The third-order valence-electron chi connectivity index (χ3n) is 5.59. The Morgan fingerprint density at radius 2 is 1.00 bits per heavy atom. The van der Waals surface area contributed by atoms with E-state index in [1.165, 1.54) is 0 Å². The highest BCUT2D eigenvalue weighted by atomic mass is 35.5. The summed E-state index contributed by atoms with van der Waals surface area (Å²) >= 11 is 11.9. The van der Waals surface area contributed by atoms with Crippen LogP contribution in [0.5, 0.6) is 0 Å². The average Bonchev–Trinajstić information content (AvgIpc) is 2.83. The Balaban J connectivity index is 0.000000221. The molecule has 0 aromatic heterocycles. The van der Waals surface area contributed by atoms with Gasteiger partial charge < -0.3 is 40.2 Å². The third kappa shape index (κ3) is 11.3. The maximum absolute atomic E-state index is 8.52. The molecule has 2 saturated heterocycles. The van der Waals surface area contributed by atoms with E-state index < -0.39 is 10.4 Å². The highest BCUT2D eigenvalue weighted by Gasteiger charge is 2.18. The van der Waals surface area contributed by atoms with Crippen molar-refractivity contribution in [1.29, 1.82) is 10.8 Å². The van der Waals surface area contributed by atoms with Crippen molar-refractivity contribution < 1.29 is 17.5 Å². The zero-order valence-electron chi connectivity index (χ0n) is 20.0. The van der Waals surface area contributed by atoms with Gasteiger partial charge in [0.1, 0.15) is 0 Å². The van der Waals surface area contributed by atoms with Crippen LogP contribution in [0.1, 0.15) is 0 Å². The van der Waals surface area contributed by atoms with Gasteiger partial charge in [-0.15, -0.1) is 0 Å². The number of hydrogen-bond acceptors (Lipinski definition) is 8. The molecule has 2 aromatic carbocycles. The van der Waals surface area contributed by atoms with E-state index in [9.17, 15) is 0 Å². The van der Waals surface area contributed by atoms with Gasteiger partial charge in [-0.05, 0) is 36.4 Å². The molecule has 0 unspecified atom stereocenters. The molecular weight excluding hydrogens is 543 g/mol. The van der Waals surface area contributed by atoms with E-state index in [1.54, 1.807) is 0 Å². The first-order valence-corrected chi connectivity index (χ1v) is 13.3. The van der Waals surface area contributed by atoms with Gasteiger partial charge in [0.15, 0.2) is 11.9 Å². The molecule has 0 radical (unpaired) electrons. The summed E-state index contributed by atoms with van der Waals surface area (Å²) in [5, 5.41) is 16.2. The maximum atomic E-state index is 8.52. The van der Waals surface area contributed by atoms with E-state index in [1.807, 2.05) is 46.2 Å². The van der Waals surface area contributed by atoms with Gasteiger partial charge in [0, 0.05) is 84.2 Å². The van der Waals surface area contributed by atoms with Crippen molar-refractivity contribution in [3.8, 4) is 0 Å². The second-order valence-electron chi connectivity index (χ2n) is 8.09. The number of anilines is 2. The molecule has 0 bridgehead atoms. The molecule has 2 heterocycles. The Morgan fingerprint density at radius 3 is 1.24 bits per heavy atom. The second-order valence-corrected chi connectivity index (χ2v) is 9.78. The highest BCUT2D eigenvalue weighted by Crippen LogP contribution is 2.21. The fraction of sp³-hybridized carbons (Fsp3) is 0.364. The van der Waals surface area contributed by atoms with Crippen molar-refractivity contribution >= 4 is 56.9 Å². The lowest BCUT2D eigenvalue weighted by molar-refractivity contribution is 0.352. The molecule has 0 aliphatic carbocycles. The smallest absolute Gasteiger partial charge is 0.188 e. The lowest BCUT2D eigenvalue weighted by atomic mass is 10.2. The molecule has 2 fully saturated rings. The minimum atomic E-state index is -5.17. The number of nitrogens with two attached hydrogens (primary N) is 2. The minimum absolute atomic E-state index is 0.158. The number of benzene rings is 2. The topological polar surface area (TPSA) is 193 Å². The molecule has 15 heteroatoms. The van der Waals surface area contributed by atoms with Crippen molar-refractivity contribution in [1.82, 2.24) is 9.80 Å². The SMILES string of the molecule is N=C(N)N1CCN(c2cccc(Cl)c2)CC1.N=C(N)N1CCN(c2cccc(Cl)c2)CC1.O=S(=O)([O-])[O-]. The van der Waals surface area contributed by atoms with Crippen molar-refractivity contribution in [2.75, 3.05) is 62.2 Å². The van der Waals surface area contributed by atoms with Crippen molar-refractivity contribution in [2.45, 2.75) is 0 Å². The first-order valence-electron chi connectivity index (χ1n) is 11.2. The fourth-order valence-electron chi connectivity index (χ4n) is 3.76. The van der Waals surface area contributed by atoms with Crippen molar-refractivity contribution in [2.24, 2.45) is 11.5 Å². The van der Waals surface area contributed by atoms with E-state index in [0.29, 0.717) is 0 Å². The van der Waals surface area contributed by atoms with Crippen molar-refractivity contribution in [3.63, 3.8) is 0 Å². The average molecular weight is 574 g/mol. The lowest BCUT2D eigenvalue weighted by Gasteiger charge is -2.36. The van der Waals surface area contributed by atoms with Crippen LogP contribution in [0.4, 0.5) is 11.4 Å². The van der Waals surface area contributed by atoms with Gasteiger partial charge >= 0.3 is 0 Å². The highest BCUT2D eigenvalue weighted by molar-refractivity contribution is 7.79. The molecule has 0 saturated carbocycles. The quantitative estimate of drug-likeness (QED) is 0.176. The predicted molar refractivity (Wildman–Crippen MR) is 145 cm³/mol. The Labute approximate surface area is 226 Å². The largest absolute Gasteiger partial charge is 0.759 e. The Kier molecular flexibility index (Phi) is 11.5. The Morgan fingerprint density at radius 1 is 0.703 bits per heavy atom. The summed E-state index contributed by atoms with van der Waals surface area (Å²) in [5.74, 6) is 0.316. The van der Waals surface area contributed by atoms with E-state index in [4.69, 9.17) is 63.0 Å². The number of piperazine rings is 2. The zero-order valence-corrected chi connectivity index (χ0v) is 22.3. The predicted octanol–water partition coefficient (Wildman–Crippen LogP) is 1.37. The van der Waals surface area contributed by atoms with Crippen LogP contribution in [0.25, 0.3) is 0 Å². The molecule has 37 heavy (non-hydrogen) atoms. The maximum Gasteiger partial charge on any atom is 0.188 e. The number of rotatable bonds is 2. The monoisotopic (exact) mass is 572 g/mol. The molecule has 2 aliphatic heterocycles. The zero-order chi connectivity index (χ0) is 27.6. The number of nitrogens with one attached hydrogen (secondary N) is 2. The lowest BCUT2D eigenvalue weighted by Crippen LogP contribution is -2.50. The summed E-state index contributed by atoms with van der Waals surface area (Å²) < 4.78 is 34.1. The fourth-order valence-corrected chi connectivity index (χ4v) is 4.13. The molecule has 2 aliphatic rings. The summed E-state index contributed by atoms with van der Waals surface area (Å²) in [6.07, 6.45) is 0. The standard InChI is InChI=1S/2C11H15ClN4.H2O4S/c2*12-9-2-1-3-10(8-9)15-4-6-16(7-5-15)11(13)14;1-5(2,3)4/h2*1-3,8H,4-7H2,(H3,13,14);(H2,1,2,3,4)/p-2. The number of nitrogens with zero attached hydrogens (tertiary/aromatic N) is 4. The normalized spacial score (nSPS) is 15.7. The summed E-state index contributed by atoms with van der Waals surface area (Å²) in [6.45, 7) is 6.67. The van der Waals surface area contributed by atoms with Crippen LogP contribution in [0.15, 0.2) is 48.5 Å². The first kappa shape index (κ1) is 30.3. The number of guanidine groups is 2. The molecule has 4 rings (SSSR count). The summed E-state index contributed by atoms with van der Waals surface area (Å²) in [6, 6.07) is 15.7. The van der Waals surface area contributed by atoms with E-state index in [-0.39, 0.29) is 11.9 Å². The van der Waals surface area contributed by atoms with Gasteiger partial charge in [-0.1, -0.05) is 35.3 Å². The van der Waals surface area contributed by atoms with Gasteiger partial charge in [0.05, 0.1) is 0 Å². The molecule has 204 valence electrons. The van der Waals surface area contributed by atoms with Gasteiger partial charge in [0.25, 0.3) is 0 Å². The van der Waals surface area contributed by atoms with E-state index in [0.717, 1.165) is 73.8 Å². The van der Waals surface area contributed by atoms with Gasteiger partial charge in [-0.3, -0.25) is 19.2 Å². The molecular formula is C22H30Cl2N8O4S-2.